The molecule has 0 fully saturated rings. The van der Waals surface area contributed by atoms with Crippen LogP contribution in [0.2, 0.25) is 0 Å². The van der Waals surface area contributed by atoms with Gasteiger partial charge in [0, 0.05) is 50.0 Å². The SMILES string of the molecule is Cc1nc(NCCCN(C)c2ccccc2)cc(C(C)Cn2nc(C)c(C)c2C)n1. The molecule has 3 rings (SSSR count). The molecular weight excluding hydrogens is 372 g/mol. The molecule has 2 heterocycles. The smallest absolute Gasteiger partial charge is 0.129 e. The van der Waals surface area contributed by atoms with Crippen molar-refractivity contribution < 1.29 is 0 Å². The topological polar surface area (TPSA) is 58.9 Å². The van der Waals surface area contributed by atoms with Gasteiger partial charge in [0.05, 0.1) is 11.4 Å². The normalized spacial score (nSPS) is 12.1. The lowest BCUT2D eigenvalue weighted by molar-refractivity contribution is 0.519. The maximum atomic E-state index is 4.68. The lowest BCUT2D eigenvalue weighted by atomic mass is 10.1. The fraction of sp³-hybridized carbons (Fsp3) is 0.458. The zero-order chi connectivity index (χ0) is 21.7. The first-order chi connectivity index (χ1) is 14.3. The molecule has 160 valence electrons. The Hall–Kier alpha value is -2.89. The summed E-state index contributed by atoms with van der Waals surface area (Å²) in [5, 5.41) is 8.15. The Bertz CT molecular complexity index is 963. The molecule has 0 aliphatic rings. The summed E-state index contributed by atoms with van der Waals surface area (Å²) < 4.78 is 2.10. The van der Waals surface area contributed by atoms with Gasteiger partial charge in [-0.25, -0.2) is 9.97 Å². The van der Waals surface area contributed by atoms with Crippen LogP contribution >= 0.6 is 0 Å². The maximum Gasteiger partial charge on any atom is 0.129 e. The first kappa shape index (κ1) is 21.8. The van der Waals surface area contributed by atoms with Gasteiger partial charge >= 0.3 is 0 Å². The molecular formula is C24H34N6. The quantitative estimate of drug-likeness (QED) is 0.524. The molecule has 0 saturated heterocycles. The van der Waals surface area contributed by atoms with E-state index in [4.69, 9.17) is 0 Å². The summed E-state index contributed by atoms with van der Waals surface area (Å²) >= 11 is 0. The summed E-state index contributed by atoms with van der Waals surface area (Å²) in [6.07, 6.45) is 1.03. The van der Waals surface area contributed by atoms with Gasteiger partial charge < -0.3 is 10.2 Å². The van der Waals surface area contributed by atoms with E-state index in [0.717, 1.165) is 49.1 Å². The van der Waals surface area contributed by atoms with E-state index in [2.05, 4.69) is 95.0 Å². The minimum atomic E-state index is 0.258. The highest BCUT2D eigenvalue weighted by atomic mass is 15.3. The van der Waals surface area contributed by atoms with Crippen molar-refractivity contribution in [3.8, 4) is 0 Å². The van der Waals surface area contributed by atoms with Crippen LogP contribution < -0.4 is 10.2 Å². The van der Waals surface area contributed by atoms with E-state index in [1.807, 2.05) is 13.0 Å². The van der Waals surface area contributed by atoms with Gasteiger partial charge in [-0.2, -0.15) is 5.10 Å². The largest absolute Gasteiger partial charge is 0.375 e. The van der Waals surface area contributed by atoms with Crippen LogP contribution in [-0.4, -0.2) is 39.9 Å². The Labute approximate surface area is 180 Å². The lowest BCUT2D eigenvalue weighted by Crippen LogP contribution is -2.21. The zero-order valence-electron chi connectivity index (χ0n) is 19.1. The van der Waals surface area contributed by atoms with Crippen molar-refractivity contribution in [3.05, 3.63) is 64.9 Å². The minimum Gasteiger partial charge on any atom is -0.375 e. The van der Waals surface area contributed by atoms with Gasteiger partial charge in [-0.05, 0) is 51.8 Å². The molecule has 1 unspecified atom stereocenters. The van der Waals surface area contributed by atoms with Crippen LogP contribution in [0.1, 0.15) is 47.7 Å². The van der Waals surface area contributed by atoms with Crippen molar-refractivity contribution >= 4 is 11.5 Å². The fourth-order valence-corrected chi connectivity index (χ4v) is 3.60. The highest BCUT2D eigenvalue weighted by Crippen LogP contribution is 2.21. The second kappa shape index (κ2) is 9.74. The highest BCUT2D eigenvalue weighted by Gasteiger charge is 2.14. The van der Waals surface area contributed by atoms with Gasteiger partial charge in [0.1, 0.15) is 11.6 Å². The Balaban J connectivity index is 1.57. The van der Waals surface area contributed by atoms with Gasteiger partial charge in [-0.15, -0.1) is 0 Å². The standard InChI is InChI=1S/C24H34N6/c1-17(16-30-20(4)18(2)19(3)28-30)23-15-24(27-21(5)26-23)25-13-10-14-29(6)22-11-8-7-9-12-22/h7-9,11-12,15,17H,10,13-14,16H2,1-6H3,(H,25,26,27). The van der Waals surface area contributed by atoms with Gasteiger partial charge in [-0.3, -0.25) is 4.68 Å². The number of nitrogens with zero attached hydrogens (tertiary/aromatic N) is 5. The molecule has 0 aliphatic heterocycles. The number of hydrogen-bond donors (Lipinski definition) is 1. The van der Waals surface area contributed by atoms with Crippen molar-refractivity contribution in [3.63, 3.8) is 0 Å². The van der Waals surface area contributed by atoms with Crippen molar-refractivity contribution in [1.82, 2.24) is 19.7 Å². The summed E-state index contributed by atoms with van der Waals surface area (Å²) in [5.41, 5.74) is 5.89. The molecule has 6 nitrogen and oxygen atoms in total. The van der Waals surface area contributed by atoms with Crippen molar-refractivity contribution in [1.29, 1.82) is 0 Å². The van der Waals surface area contributed by atoms with Crippen LogP contribution in [0.15, 0.2) is 36.4 Å². The van der Waals surface area contributed by atoms with Crippen molar-refractivity contribution in [2.24, 2.45) is 0 Å². The summed E-state index contributed by atoms with van der Waals surface area (Å²) in [6, 6.07) is 12.5. The van der Waals surface area contributed by atoms with Crippen LogP contribution in [0, 0.1) is 27.7 Å². The third-order valence-corrected chi connectivity index (χ3v) is 5.73. The molecule has 6 heteroatoms. The fourth-order valence-electron chi connectivity index (χ4n) is 3.60. The number of benzene rings is 1. The van der Waals surface area contributed by atoms with E-state index in [1.165, 1.54) is 16.9 Å². The predicted molar refractivity (Wildman–Crippen MR) is 124 cm³/mol. The first-order valence-corrected chi connectivity index (χ1v) is 10.7. The summed E-state index contributed by atoms with van der Waals surface area (Å²) in [4.78, 5) is 11.5. The number of para-hydroxylation sites is 1. The van der Waals surface area contributed by atoms with E-state index in [-0.39, 0.29) is 5.92 Å². The Morgan fingerprint density at radius 3 is 2.47 bits per heavy atom. The Kier molecular flexibility index (Phi) is 7.08. The zero-order valence-corrected chi connectivity index (χ0v) is 19.1. The van der Waals surface area contributed by atoms with Crippen molar-refractivity contribution in [2.45, 2.75) is 53.5 Å². The molecule has 0 radical (unpaired) electrons. The van der Waals surface area contributed by atoms with Crippen LogP contribution in [0.5, 0.6) is 0 Å². The van der Waals surface area contributed by atoms with Gasteiger partial charge in [0.15, 0.2) is 0 Å². The number of rotatable bonds is 9. The number of anilines is 2. The molecule has 1 atom stereocenters. The molecule has 0 spiro atoms. The van der Waals surface area contributed by atoms with Crippen LogP contribution in [-0.2, 0) is 6.54 Å². The molecule has 0 aliphatic carbocycles. The molecule has 30 heavy (non-hydrogen) atoms. The highest BCUT2D eigenvalue weighted by molar-refractivity contribution is 5.45. The Morgan fingerprint density at radius 2 is 1.80 bits per heavy atom. The number of nitrogens with one attached hydrogen (secondary N) is 1. The molecule has 0 saturated carbocycles. The molecule has 0 amide bonds. The number of hydrogen-bond acceptors (Lipinski definition) is 5. The third kappa shape index (κ3) is 5.38. The Morgan fingerprint density at radius 1 is 1.07 bits per heavy atom. The predicted octanol–water partition coefficient (Wildman–Crippen LogP) is 4.65. The summed E-state index contributed by atoms with van der Waals surface area (Å²) in [7, 11) is 2.13. The van der Waals surface area contributed by atoms with Gasteiger partial charge in [-0.1, -0.05) is 25.1 Å². The average molecular weight is 407 g/mol. The number of aromatic nitrogens is 4. The summed E-state index contributed by atoms with van der Waals surface area (Å²) in [5.74, 6) is 1.96. The second-order valence-corrected chi connectivity index (χ2v) is 8.14. The van der Waals surface area contributed by atoms with Crippen LogP contribution in [0.25, 0.3) is 0 Å². The minimum absolute atomic E-state index is 0.258. The average Bonchev–Trinajstić information content (AvgIpc) is 2.97. The van der Waals surface area contributed by atoms with E-state index in [9.17, 15) is 0 Å². The van der Waals surface area contributed by atoms with E-state index < -0.39 is 0 Å². The lowest BCUT2D eigenvalue weighted by Gasteiger charge is -2.19. The second-order valence-electron chi connectivity index (χ2n) is 8.14. The van der Waals surface area contributed by atoms with Crippen LogP contribution in [0.3, 0.4) is 0 Å². The van der Waals surface area contributed by atoms with Crippen LogP contribution in [0.4, 0.5) is 11.5 Å². The molecule has 2 aromatic heterocycles. The molecule has 0 bridgehead atoms. The van der Waals surface area contributed by atoms with E-state index >= 15 is 0 Å². The van der Waals surface area contributed by atoms with E-state index in [1.54, 1.807) is 0 Å². The number of aryl methyl sites for hydroxylation is 2. The first-order valence-electron chi connectivity index (χ1n) is 10.7. The molecule has 1 N–H and O–H groups in total. The third-order valence-electron chi connectivity index (χ3n) is 5.73. The van der Waals surface area contributed by atoms with Gasteiger partial charge in [0.2, 0.25) is 0 Å². The van der Waals surface area contributed by atoms with E-state index in [0.29, 0.717) is 0 Å². The maximum absolute atomic E-state index is 4.68. The van der Waals surface area contributed by atoms with Gasteiger partial charge in [0.25, 0.3) is 0 Å². The monoisotopic (exact) mass is 406 g/mol. The summed E-state index contributed by atoms with van der Waals surface area (Å²) in [6.45, 7) is 13.2. The van der Waals surface area contributed by atoms with Crippen molar-refractivity contribution in [2.75, 3.05) is 30.4 Å². The molecule has 3 aromatic rings. The molecule has 1 aromatic carbocycles.